The fraction of sp³-hybridized carbons (Fsp3) is 0.500. The van der Waals surface area contributed by atoms with E-state index in [2.05, 4.69) is 21.7 Å². The number of rotatable bonds is 4. The predicted molar refractivity (Wildman–Crippen MR) is 91.0 cm³/mol. The van der Waals surface area contributed by atoms with Gasteiger partial charge in [0, 0.05) is 12.5 Å². The summed E-state index contributed by atoms with van der Waals surface area (Å²) in [6, 6.07) is 5.52. The Hall–Kier alpha value is -2.57. The van der Waals surface area contributed by atoms with Crippen LogP contribution in [0, 0.1) is 0 Å². The van der Waals surface area contributed by atoms with Crippen LogP contribution in [-0.2, 0) is 6.54 Å². The molecule has 4 rings (SSSR count). The van der Waals surface area contributed by atoms with E-state index >= 15 is 0 Å². The second kappa shape index (κ2) is 6.06. The monoisotopic (exact) mass is 342 g/mol. The molecule has 0 unspecified atom stereocenters. The first kappa shape index (κ1) is 15.9. The molecule has 7 heteroatoms. The molecular formula is C18H22N4O3. The van der Waals surface area contributed by atoms with E-state index in [1.165, 1.54) is 12.8 Å². The quantitative estimate of drug-likeness (QED) is 0.853. The van der Waals surface area contributed by atoms with Crippen molar-refractivity contribution in [3.63, 3.8) is 0 Å². The van der Waals surface area contributed by atoms with Crippen LogP contribution in [0.25, 0.3) is 0 Å². The van der Waals surface area contributed by atoms with Gasteiger partial charge in [0.15, 0.2) is 17.3 Å². The smallest absolute Gasteiger partial charge is 0.258 e. The van der Waals surface area contributed by atoms with Gasteiger partial charge < -0.3 is 18.9 Å². The maximum atomic E-state index is 13.1. The Morgan fingerprint density at radius 3 is 2.68 bits per heavy atom. The molecule has 1 aromatic carbocycles. The first-order valence-electron chi connectivity index (χ1n) is 8.58. The molecule has 0 radical (unpaired) electrons. The maximum absolute atomic E-state index is 13.1. The lowest BCUT2D eigenvalue weighted by molar-refractivity contribution is 0.0675. The molecule has 7 nitrogen and oxygen atoms in total. The van der Waals surface area contributed by atoms with Gasteiger partial charge in [-0.3, -0.25) is 4.79 Å². The Bertz CT molecular complexity index is 813. The number of amides is 1. The summed E-state index contributed by atoms with van der Waals surface area (Å²) in [4.78, 5) is 14.9. The number of nitrogens with zero attached hydrogens (tertiary/aromatic N) is 4. The van der Waals surface area contributed by atoms with Crippen molar-refractivity contribution >= 4 is 5.91 Å². The molecule has 1 aliphatic carbocycles. The highest BCUT2D eigenvalue weighted by molar-refractivity contribution is 5.97. The average Bonchev–Trinajstić information content (AvgIpc) is 3.39. The fourth-order valence-corrected chi connectivity index (χ4v) is 3.56. The molecular weight excluding hydrogens is 320 g/mol. The van der Waals surface area contributed by atoms with Gasteiger partial charge in [0.05, 0.1) is 32.4 Å². The van der Waals surface area contributed by atoms with E-state index in [0.29, 0.717) is 36.1 Å². The van der Waals surface area contributed by atoms with Gasteiger partial charge in [-0.2, -0.15) is 0 Å². The molecule has 1 atom stereocenters. The van der Waals surface area contributed by atoms with Crippen molar-refractivity contribution in [3.05, 3.63) is 35.4 Å². The predicted octanol–water partition coefficient (Wildman–Crippen LogP) is 2.39. The number of carbonyl (C=O) groups excluding carboxylic acids is 1. The molecule has 1 aromatic heterocycles. The first-order valence-corrected chi connectivity index (χ1v) is 8.58. The van der Waals surface area contributed by atoms with E-state index in [1.807, 2.05) is 4.90 Å². The van der Waals surface area contributed by atoms with Crippen LogP contribution in [0.3, 0.4) is 0 Å². The lowest BCUT2D eigenvalue weighted by Crippen LogP contribution is -2.40. The molecule has 1 saturated carbocycles. The zero-order valence-corrected chi connectivity index (χ0v) is 14.7. The summed E-state index contributed by atoms with van der Waals surface area (Å²) in [6.45, 7) is 3.20. The van der Waals surface area contributed by atoms with Gasteiger partial charge in [0.2, 0.25) is 0 Å². The van der Waals surface area contributed by atoms with E-state index in [9.17, 15) is 4.79 Å². The standard InChI is InChI=1S/C18H22N4O3/c1-11-9-21(10-15-19-20-17(22(11)15)12-7-8-12)18(23)13-5-4-6-14(24-2)16(13)25-3/h4-6,11-12H,7-10H2,1-3H3/t11-/m0/s1. The molecule has 0 bridgehead atoms. The molecule has 0 saturated heterocycles. The van der Waals surface area contributed by atoms with Crippen LogP contribution < -0.4 is 9.47 Å². The Labute approximate surface area is 146 Å². The molecule has 25 heavy (non-hydrogen) atoms. The summed E-state index contributed by atoms with van der Waals surface area (Å²) >= 11 is 0. The van der Waals surface area contributed by atoms with Gasteiger partial charge in [-0.05, 0) is 31.9 Å². The van der Waals surface area contributed by atoms with Crippen molar-refractivity contribution in [2.45, 2.75) is 38.3 Å². The number of methoxy groups -OCH3 is 2. The molecule has 2 heterocycles. The third kappa shape index (κ3) is 2.63. The third-order valence-electron chi connectivity index (χ3n) is 4.91. The number of para-hydroxylation sites is 1. The van der Waals surface area contributed by atoms with Crippen molar-refractivity contribution < 1.29 is 14.3 Å². The molecule has 132 valence electrons. The zero-order chi connectivity index (χ0) is 17.6. The summed E-state index contributed by atoms with van der Waals surface area (Å²) in [6.07, 6.45) is 2.38. The van der Waals surface area contributed by atoms with Gasteiger partial charge in [0.25, 0.3) is 5.91 Å². The molecule has 2 aromatic rings. The van der Waals surface area contributed by atoms with Gasteiger partial charge >= 0.3 is 0 Å². The normalized spacial score (nSPS) is 19.5. The van der Waals surface area contributed by atoms with Crippen LogP contribution in [0.4, 0.5) is 0 Å². The van der Waals surface area contributed by atoms with Gasteiger partial charge in [-0.15, -0.1) is 10.2 Å². The zero-order valence-electron chi connectivity index (χ0n) is 14.7. The van der Waals surface area contributed by atoms with Crippen molar-refractivity contribution in [2.75, 3.05) is 20.8 Å². The molecule has 1 aliphatic heterocycles. The van der Waals surface area contributed by atoms with Crippen molar-refractivity contribution in [2.24, 2.45) is 0 Å². The van der Waals surface area contributed by atoms with Crippen molar-refractivity contribution in [1.82, 2.24) is 19.7 Å². The fourth-order valence-electron chi connectivity index (χ4n) is 3.56. The molecule has 0 N–H and O–H groups in total. The third-order valence-corrected chi connectivity index (χ3v) is 4.91. The first-order chi connectivity index (χ1) is 12.1. The van der Waals surface area contributed by atoms with E-state index in [0.717, 1.165) is 11.6 Å². The Kier molecular flexibility index (Phi) is 3.86. The minimum atomic E-state index is -0.0789. The number of benzene rings is 1. The van der Waals surface area contributed by atoms with E-state index < -0.39 is 0 Å². The number of aromatic nitrogens is 3. The van der Waals surface area contributed by atoms with Crippen LogP contribution >= 0.6 is 0 Å². The topological polar surface area (TPSA) is 69.5 Å². The highest BCUT2D eigenvalue weighted by Crippen LogP contribution is 2.41. The minimum Gasteiger partial charge on any atom is -0.493 e. The molecule has 2 aliphatic rings. The molecule has 1 amide bonds. The van der Waals surface area contributed by atoms with Gasteiger partial charge in [0.1, 0.15) is 5.82 Å². The number of hydrogen-bond acceptors (Lipinski definition) is 5. The number of ether oxygens (including phenoxy) is 2. The summed E-state index contributed by atoms with van der Waals surface area (Å²) < 4.78 is 12.9. The van der Waals surface area contributed by atoms with Crippen molar-refractivity contribution in [1.29, 1.82) is 0 Å². The summed E-state index contributed by atoms with van der Waals surface area (Å²) in [5.41, 5.74) is 0.504. The summed E-state index contributed by atoms with van der Waals surface area (Å²) in [5, 5.41) is 8.70. The number of carbonyl (C=O) groups is 1. The lowest BCUT2D eigenvalue weighted by atomic mass is 10.1. The Morgan fingerprint density at radius 1 is 1.20 bits per heavy atom. The second-order valence-corrected chi connectivity index (χ2v) is 6.69. The second-order valence-electron chi connectivity index (χ2n) is 6.69. The largest absolute Gasteiger partial charge is 0.493 e. The number of hydrogen-bond donors (Lipinski definition) is 0. The van der Waals surface area contributed by atoms with E-state index in [-0.39, 0.29) is 11.9 Å². The van der Waals surface area contributed by atoms with Crippen LogP contribution in [0.15, 0.2) is 18.2 Å². The van der Waals surface area contributed by atoms with Gasteiger partial charge in [-0.25, -0.2) is 0 Å². The minimum absolute atomic E-state index is 0.0789. The van der Waals surface area contributed by atoms with Crippen LogP contribution in [0.2, 0.25) is 0 Å². The van der Waals surface area contributed by atoms with Crippen molar-refractivity contribution in [3.8, 4) is 11.5 Å². The highest BCUT2D eigenvalue weighted by atomic mass is 16.5. The Balaban J connectivity index is 1.64. The maximum Gasteiger partial charge on any atom is 0.258 e. The number of fused-ring (bicyclic) bond motifs is 1. The molecule has 1 fully saturated rings. The van der Waals surface area contributed by atoms with Crippen LogP contribution in [-0.4, -0.2) is 46.3 Å². The van der Waals surface area contributed by atoms with Crippen LogP contribution in [0.5, 0.6) is 11.5 Å². The van der Waals surface area contributed by atoms with E-state index in [1.54, 1.807) is 32.4 Å². The van der Waals surface area contributed by atoms with Gasteiger partial charge in [-0.1, -0.05) is 6.07 Å². The SMILES string of the molecule is COc1cccc(C(=O)N2Cc3nnc(C4CC4)n3[C@@H](C)C2)c1OC. The van der Waals surface area contributed by atoms with E-state index in [4.69, 9.17) is 9.47 Å². The van der Waals surface area contributed by atoms with Crippen LogP contribution in [0.1, 0.15) is 53.7 Å². The lowest BCUT2D eigenvalue weighted by Gasteiger charge is -2.33. The average molecular weight is 342 g/mol. The Morgan fingerprint density at radius 2 is 2.00 bits per heavy atom. The summed E-state index contributed by atoms with van der Waals surface area (Å²) in [7, 11) is 3.11. The highest BCUT2D eigenvalue weighted by Gasteiger charge is 2.36. The molecule has 0 spiro atoms. The summed E-state index contributed by atoms with van der Waals surface area (Å²) in [5.74, 6) is 3.42.